The molecule has 1 aliphatic rings. The Kier molecular flexibility index (Phi) is 3.70. The van der Waals surface area contributed by atoms with Crippen LogP contribution < -0.4 is 5.32 Å². The molecule has 1 heterocycles. The van der Waals surface area contributed by atoms with Crippen molar-refractivity contribution in [1.29, 1.82) is 0 Å². The molecule has 16 heavy (non-hydrogen) atoms. The zero-order valence-corrected chi connectivity index (χ0v) is 10.7. The van der Waals surface area contributed by atoms with Crippen molar-refractivity contribution < 1.29 is 0 Å². The molecular formula is C13H19ClN2. The van der Waals surface area contributed by atoms with E-state index in [0.717, 1.165) is 17.2 Å². The van der Waals surface area contributed by atoms with E-state index in [4.69, 9.17) is 11.6 Å². The highest BCUT2D eigenvalue weighted by Crippen LogP contribution is 2.31. The molecule has 88 valence electrons. The van der Waals surface area contributed by atoms with Gasteiger partial charge < -0.3 is 5.32 Å². The Morgan fingerprint density at radius 3 is 2.88 bits per heavy atom. The van der Waals surface area contributed by atoms with Crippen LogP contribution in [0.2, 0.25) is 5.15 Å². The lowest BCUT2D eigenvalue weighted by molar-refractivity contribution is 0.286. The van der Waals surface area contributed by atoms with Crippen molar-refractivity contribution in [2.75, 3.05) is 5.32 Å². The summed E-state index contributed by atoms with van der Waals surface area (Å²) >= 11 is 5.89. The average molecular weight is 239 g/mol. The highest BCUT2D eigenvalue weighted by molar-refractivity contribution is 6.30. The monoisotopic (exact) mass is 238 g/mol. The molecule has 1 aromatic heterocycles. The van der Waals surface area contributed by atoms with Gasteiger partial charge in [-0.15, -0.1) is 0 Å². The van der Waals surface area contributed by atoms with Gasteiger partial charge in [-0.05, 0) is 37.8 Å². The molecular weight excluding hydrogens is 220 g/mol. The minimum absolute atomic E-state index is 0.521. The number of hydrogen-bond acceptors (Lipinski definition) is 2. The van der Waals surface area contributed by atoms with E-state index in [1.807, 2.05) is 13.1 Å². The van der Waals surface area contributed by atoms with E-state index < -0.39 is 0 Å². The van der Waals surface area contributed by atoms with Crippen LogP contribution in [0, 0.1) is 12.8 Å². The number of aryl methyl sites for hydroxylation is 1. The maximum Gasteiger partial charge on any atom is 0.132 e. The van der Waals surface area contributed by atoms with Crippen LogP contribution in [0.3, 0.4) is 0 Å². The van der Waals surface area contributed by atoms with Gasteiger partial charge in [0.15, 0.2) is 0 Å². The van der Waals surface area contributed by atoms with Crippen LogP contribution in [-0.2, 0) is 0 Å². The Labute approximate surface area is 102 Å². The number of nitrogens with one attached hydrogen (secondary N) is 1. The van der Waals surface area contributed by atoms with E-state index in [1.54, 1.807) is 0 Å². The second kappa shape index (κ2) is 5.05. The van der Waals surface area contributed by atoms with E-state index in [2.05, 4.69) is 23.3 Å². The maximum atomic E-state index is 5.89. The van der Waals surface area contributed by atoms with Crippen LogP contribution in [0.4, 0.5) is 5.69 Å². The SMILES string of the molecule is Cc1cc(NC(C)CC2CCC2)cnc1Cl. The third kappa shape index (κ3) is 2.88. The molecule has 0 spiro atoms. The summed E-state index contributed by atoms with van der Waals surface area (Å²) in [7, 11) is 0. The summed E-state index contributed by atoms with van der Waals surface area (Å²) in [6.07, 6.45) is 7.31. The molecule has 1 aliphatic carbocycles. The quantitative estimate of drug-likeness (QED) is 0.801. The number of rotatable bonds is 4. The fraction of sp³-hybridized carbons (Fsp3) is 0.615. The third-order valence-corrected chi connectivity index (χ3v) is 3.73. The van der Waals surface area contributed by atoms with Gasteiger partial charge in [-0.25, -0.2) is 4.98 Å². The molecule has 0 aliphatic heterocycles. The summed E-state index contributed by atoms with van der Waals surface area (Å²) in [5.41, 5.74) is 2.11. The second-order valence-electron chi connectivity index (χ2n) is 4.91. The molecule has 0 bridgehead atoms. The van der Waals surface area contributed by atoms with Crippen molar-refractivity contribution in [1.82, 2.24) is 4.98 Å². The van der Waals surface area contributed by atoms with E-state index in [1.165, 1.54) is 25.7 Å². The molecule has 2 rings (SSSR count). The summed E-state index contributed by atoms with van der Waals surface area (Å²) in [6.45, 7) is 4.22. The van der Waals surface area contributed by atoms with Gasteiger partial charge in [0, 0.05) is 6.04 Å². The number of nitrogens with zero attached hydrogens (tertiary/aromatic N) is 1. The molecule has 1 N–H and O–H groups in total. The molecule has 1 atom stereocenters. The number of hydrogen-bond donors (Lipinski definition) is 1. The molecule has 0 amide bonds. The van der Waals surface area contributed by atoms with Crippen molar-refractivity contribution in [3.8, 4) is 0 Å². The largest absolute Gasteiger partial charge is 0.381 e. The van der Waals surface area contributed by atoms with Gasteiger partial charge in [-0.1, -0.05) is 30.9 Å². The molecule has 1 unspecified atom stereocenters. The first-order valence-corrected chi connectivity index (χ1v) is 6.41. The normalized spacial score (nSPS) is 17.9. The zero-order chi connectivity index (χ0) is 11.5. The highest BCUT2D eigenvalue weighted by Gasteiger charge is 2.19. The van der Waals surface area contributed by atoms with E-state index >= 15 is 0 Å². The minimum Gasteiger partial charge on any atom is -0.381 e. The Hall–Kier alpha value is -0.760. The van der Waals surface area contributed by atoms with Gasteiger partial charge in [-0.3, -0.25) is 0 Å². The summed E-state index contributed by atoms with van der Waals surface area (Å²) in [6, 6.07) is 2.58. The van der Waals surface area contributed by atoms with Crippen molar-refractivity contribution >= 4 is 17.3 Å². The van der Waals surface area contributed by atoms with Crippen molar-refractivity contribution in [3.05, 3.63) is 23.0 Å². The molecule has 1 aromatic rings. The Morgan fingerprint density at radius 1 is 1.56 bits per heavy atom. The Balaban J connectivity index is 1.89. The highest BCUT2D eigenvalue weighted by atomic mass is 35.5. The Bertz CT molecular complexity index is 361. The number of anilines is 1. The average Bonchev–Trinajstić information content (AvgIpc) is 2.18. The van der Waals surface area contributed by atoms with Crippen LogP contribution in [0.5, 0.6) is 0 Å². The minimum atomic E-state index is 0.521. The van der Waals surface area contributed by atoms with Gasteiger partial charge in [0.2, 0.25) is 0 Å². The van der Waals surface area contributed by atoms with Gasteiger partial charge in [-0.2, -0.15) is 0 Å². The van der Waals surface area contributed by atoms with Gasteiger partial charge >= 0.3 is 0 Å². The topological polar surface area (TPSA) is 24.9 Å². The number of aromatic nitrogens is 1. The predicted octanol–water partition coefficient (Wildman–Crippen LogP) is 4.03. The molecule has 0 aromatic carbocycles. The fourth-order valence-corrected chi connectivity index (χ4v) is 2.31. The smallest absolute Gasteiger partial charge is 0.132 e. The number of pyridine rings is 1. The lowest BCUT2D eigenvalue weighted by atomic mass is 9.81. The standard InChI is InChI=1S/C13H19ClN2/c1-9-6-12(8-15-13(9)14)16-10(2)7-11-4-3-5-11/h6,8,10-11,16H,3-5,7H2,1-2H3. The maximum absolute atomic E-state index is 5.89. The van der Waals surface area contributed by atoms with E-state index in [-0.39, 0.29) is 0 Å². The van der Waals surface area contributed by atoms with Crippen LogP contribution in [-0.4, -0.2) is 11.0 Å². The summed E-state index contributed by atoms with van der Waals surface area (Å²) in [4.78, 5) is 4.15. The van der Waals surface area contributed by atoms with Gasteiger partial charge in [0.1, 0.15) is 5.15 Å². The number of halogens is 1. The van der Waals surface area contributed by atoms with Gasteiger partial charge in [0.05, 0.1) is 11.9 Å². The summed E-state index contributed by atoms with van der Waals surface area (Å²) in [5, 5.41) is 4.08. The third-order valence-electron chi connectivity index (χ3n) is 3.34. The first-order chi connectivity index (χ1) is 7.65. The van der Waals surface area contributed by atoms with Crippen LogP contribution in [0.25, 0.3) is 0 Å². The zero-order valence-electron chi connectivity index (χ0n) is 9.96. The second-order valence-corrected chi connectivity index (χ2v) is 5.27. The molecule has 3 heteroatoms. The molecule has 0 saturated heterocycles. The van der Waals surface area contributed by atoms with Crippen molar-refractivity contribution in [3.63, 3.8) is 0 Å². The van der Waals surface area contributed by atoms with Crippen molar-refractivity contribution in [2.24, 2.45) is 5.92 Å². The van der Waals surface area contributed by atoms with Gasteiger partial charge in [0.25, 0.3) is 0 Å². The molecule has 2 nitrogen and oxygen atoms in total. The van der Waals surface area contributed by atoms with E-state index in [0.29, 0.717) is 11.2 Å². The molecule has 1 fully saturated rings. The van der Waals surface area contributed by atoms with E-state index in [9.17, 15) is 0 Å². The predicted molar refractivity (Wildman–Crippen MR) is 69.0 cm³/mol. The molecule has 1 saturated carbocycles. The lowest BCUT2D eigenvalue weighted by Gasteiger charge is -2.28. The Morgan fingerprint density at radius 2 is 2.31 bits per heavy atom. The fourth-order valence-electron chi connectivity index (χ4n) is 2.21. The first-order valence-electron chi connectivity index (χ1n) is 6.04. The molecule has 0 radical (unpaired) electrons. The first kappa shape index (κ1) is 11.7. The lowest BCUT2D eigenvalue weighted by Crippen LogP contribution is -2.23. The van der Waals surface area contributed by atoms with Crippen molar-refractivity contribution in [2.45, 2.75) is 45.6 Å². The van der Waals surface area contributed by atoms with Crippen LogP contribution in [0.15, 0.2) is 12.3 Å². The van der Waals surface area contributed by atoms with Crippen LogP contribution in [0.1, 0.15) is 38.2 Å². The summed E-state index contributed by atoms with van der Waals surface area (Å²) < 4.78 is 0. The summed E-state index contributed by atoms with van der Waals surface area (Å²) in [5.74, 6) is 0.934. The van der Waals surface area contributed by atoms with Crippen LogP contribution >= 0.6 is 11.6 Å².